The van der Waals surface area contributed by atoms with Crippen molar-refractivity contribution < 1.29 is 0 Å². The molecule has 0 N–H and O–H groups in total. The summed E-state index contributed by atoms with van der Waals surface area (Å²) in [5.74, 6) is 0. The van der Waals surface area contributed by atoms with Gasteiger partial charge in [0.15, 0.2) is 8.24 Å². The van der Waals surface area contributed by atoms with Gasteiger partial charge in [0.05, 0.1) is 0 Å². The fourth-order valence-corrected chi connectivity index (χ4v) is 1.76. The minimum atomic E-state index is -1.49. The molecule has 0 radical (unpaired) electrons. The van der Waals surface area contributed by atoms with Crippen molar-refractivity contribution in [2.45, 2.75) is 17.6 Å². The Bertz CT molecular complexity index is 83.0. The summed E-state index contributed by atoms with van der Waals surface area (Å²) in [5.41, 5.74) is 0. The van der Waals surface area contributed by atoms with Crippen LogP contribution in [0, 0.1) is 0 Å². The first-order valence-electron chi connectivity index (χ1n) is 2.84. The first kappa shape index (κ1) is 9.76. The molecule has 0 aromatic rings. The number of halogens is 2. The van der Waals surface area contributed by atoms with Gasteiger partial charge in [0.25, 0.3) is 0 Å². The van der Waals surface area contributed by atoms with E-state index in [1.807, 2.05) is 14.1 Å². The lowest BCUT2D eigenvalue weighted by atomic mass is 11.3. The lowest BCUT2D eigenvalue weighted by Crippen LogP contribution is -2.49. The van der Waals surface area contributed by atoms with Gasteiger partial charge in [-0.05, 0) is 14.1 Å². The topological polar surface area (TPSA) is 3.24 Å². The van der Waals surface area contributed by atoms with Crippen molar-refractivity contribution in [2.75, 3.05) is 14.1 Å². The Balaban J connectivity index is 4.01. The molecule has 0 heterocycles. The van der Waals surface area contributed by atoms with Gasteiger partial charge in [-0.2, -0.15) is 0 Å². The SMILES string of the molecule is CN(C)[Si](C)(C)C(Cl)Cl. The van der Waals surface area contributed by atoms with E-state index >= 15 is 0 Å². The minimum absolute atomic E-state index is 0.201. The van der Waals surface area contributed by atoms with E-state index in [1.54, 1.807) is 0 Å². The summed E-state index contributed by atoms with van der Waals surface area (Å²) in [7, 11) is 2.54. The molecule has 0 aliphatic carbocycles. The normalized spacial score (nSPS) is 13.3. The molecule has 56 valence electrons. The van der Waals surface area contributed by atoms with Gasteiger partial charge in [0, 0.05) is 0 Å². The molecule has 0 fully saturated rings. The van der Waals surface area contributed by atoms with E-state index in [0.717, 1.165) is 0 Å². The Morgan fingerprint density at radius 3 is 1.56 bits per heavy atom. The van der Waals surface area contributed by atoms with Gasteiger partial charge in [-0.1, -0.05) is 13.1 Å². The molecule has 0 amide bonds. The van der Waals surface area contributed by atoms with Gasteiger partial charge in [-0.3, -0.25) is 0 Å². The molecule has 0 aliphatic heterocycles. The molecule has 0 bridgehead atoms. The second-order valence-corrected chi connectivity index (χ2v) is 9.46. The third-order valence-electron chi connectivity index (χ3n) is 1.69. The Labute approximate surface area is 68.0 Å². The zero-order valence-corrected chi connectivity index (χ0v) is 8.79. The maximum absolute atomic E-state index is 5.75. The molecule has 0 saturated heterocycles. The van der Waals surface area contributed by atoms with Crippen molar-refractivity contribution >= 4 is 31.4 Å². The number of rotatable bonds is 2. The first-order chi connectivity index (χ1) is 3.89. The molecular weight excluding hydrogens is 173 g/mol. The summed E-state index contributed by atoms with van der Waals surface area (Å²) >= 11 is 11.5. The van der Waals surface area contributed by atoms with Crippen LogP contribution in [0.4, 0.5) is 0 Å². The van der Waals surface area contributed by atoms with Crippen LogP contribution in [0.25, 0.3) is 0 Å². The van der Waals surface area contributed by atoms with Crippen LogP contribution in [0.2, 0.25) is 13.1 Å². The highest BCUT2D eigenvalue weighted by Gasteiger charge is 2.31. The van der Waals surface area contributed by atoms with Crippen molar-refractivity contribution in [3.8, 4) is 0 Å². The van der Waals surface area contributed by atoms with E-state index in [-0.39, 0.29) is 4.46 Å². The second kappa shape index (κ2) is 3.24. The van der Waals surface area contributed by atoms with Crippen LogP contribution < -0.4 is 0 Å². The van der Waals surface area contributed by atoms with E-state index in [9.17, 15) is 0 Å². The molecule has 0 aliphatic rings. The molecule has 0 spiro atoms. The molecule has 0 rings (SSSR count). The molecule has 0 aromatic heterocycles. The second-order valence-electron chi connectivity index (χ2n) is 2.85. The highest BCUT2D eigenvalue weighted by Crippen LogP contribution is 2.19. The summed E-state index contributed by atoms with van der Waals surface area (Å²) in [6.07, 6.45) is 0. The molecule has 0 unspecified atom stereocenters. The number of hydrogen-bond donors (Lipinski definition) is 0. The van der Waals surface area contributed by atoms with Gasteiger partial charge in [-0.25, -0.2) is 0 Å². The molecule has 9 heavy (non-hydrogen) atoms. The Hall–Kier alpha value is 0.757. The van der Waals surface area contributed by atoms with Crippen molar-refractivity contribution in [3.05, 3.63) is 0 Å². The summed E-state index contributed by atoms with van der Waals surface area (Å²) in [6, 6.07) is 0. The summed E-state index contributed by atoms with van der Waals surface area (Å²) < 4.78 is 1.94. The zero-order valence-electron chi connectivity index (χ0n) is 6.28. The monoisotopic (exact) mass is 185 g/mol. The highest BCUT2D eigenvalue weighted by atomic mass is 35.5. The Morgan fingerprint density at radius 1 is 1.22 bits per heavy atom. The maximum atomic E-state index is 5.75. The van der Waals surface area contributed by atoms with Crippen LogP contribution in [0.1, 0.15) is 0 Å². The van der Waals surface area contributed by atoms with Crippen LogP contribution in [0.3, 0.4) is 0 Å². The lowest BCUT2D eigenvalue weighted by Gasteiger charge is -2.30. The summed E-state index contributed by atoms with van der Waals surface area (Å²) in [6.45, 7) is 4.27. The first-order valence-corrected chi connectivity index (χ1v) is 6.74. The summed E-state index contributed by atoms with van der Waals surface area (Å²) in [4.78, 5) is 0. The fraction of sp³-hybridized carbons (Fsp3) is 1.00. The quantitative estimate of drug-likeness (QED) is 0.471. The standard InChI is InChI=1S/C5H13Cl2NSi/c1-8(2)9(3,4)5(6)7/h5H,1-4H3. The van der Waals surface area contributed by atoms with Crippen LogP contribution >= 0.6 is 23.2 Å². The van der Waals surface area contributed by atoms with Crippen LogP contribution in [0.15, 0.2) is 0 Å². The van der Waals surface area contributed by atoms with Gasteiger partial charge in [0.2, 0.25) is 0 Å². The molecule has 1 nitrogen and oxygen atoms in total. The molecule has 0 saturated carbocycles. The minimum Gasteiger partial charge on any atom is -0.327 e. The largest absolute Gasteiger partial charge is 0.327 e. The number of hydrogen-bond acceptors (Lipinski definition) is 1. The molecule has 4 heteroatoms. The van der Waals surface area contributed by atoms with Crippen LogP contribution in [0.5, 0.6) is 0 Å². The Morgan fingerprint density at radius 2 is 1.56 bits per heavy atom. The lowest BCUT2D eigenvalue weighted by molar-refractivity contribution is 0.623. The van der Waals surface area contributed by atoms with Crippen LogP contribution in [-0.2, 0) is 0 Å². The van der Waals surface area contributed by atoms with E-state index in [1.165, 1.54) is 0 Å². The van der Waals surface area contributed by atoms with E-state index in [4.69, 9.17) is 23.2 Å². The Kier molecular flexibility index (Phi) is 3.51. The number of alkyl halides is 2. The van der Waals surface area contributed by atoms with Crippen molar-refractivity contribution in [2.24, 2.45) is 0 Å². The van der Waals surface area contributed by atoms with E-state index in [0.29, 0.717) is 0 Å². The van der Waals surface area contributed by atoms with Gasteiger partial charge < -0.3 is 4.57 Å². The molecular formula is C5H13Cl2NSi. The smallest absolute Gasteiger partial charge is 0.158 e. The fourth-order valence-electron chi connectivity index (χ4n) is 0.195. The predicted octanol–water partition coefficient (Wildman–Crippen LogP) is 2.10. The van der Waals surface area contributed by atoms with Gasteiger partial charge in [-0.15, -0.1) is 23.2 Å². The van der Waals surface area contributed by atoms with Crippen molar-refractivity contribution in [1.29, 1.82) is 0 Å². The van der Waals surface area contributed by atoms with Crippen molar-refractivity contribution in [1.82, 2.24) is 4.57 Å². The van der Waals surface area contributed by atoms with E-state index in [2.05, 4.69) is 17.7 Å². The van der Waals surface area contributed by atoms with E-state index < -0.39 is 8.24 Å². The maximum Gasteiger partial charge on any atom is 0.158 e. The zero-order chi connectivity index (χ0) is 7.65. The molecule has 0 aromatic carbocycles. The van der Waals surface area contributed by atoms with Gasteiger partial charge >= 0.3 is 0 Å². The predicted molar refractivity (Wildman–Crippen MR) is 46.7 cm³/mol. The average molecular weight is 186 g/mol. The van der Waals surface area contributed by atoms with Gasteiger partial charge in [0.1, 0.15) is 4.46 Å². The van der Waals surface area contributed by atoms with Crippen LogP contribution in [-0.4, -0.2) is 31.4 Å². The third-order valence-corrected chi connectivity index (χ3v) is 8.26. The number of nitrogens with zero attached hydrogens (tertiary/aromatic N) is 1. The highest BCUT2D eigenvalue weighted by molar-refractivity contribution is 6.90. The van der Waals surface area contributed by atoms with Crippen molar-refractivity contribution in [3.63, 3.8) is 0 Å². The molecule has 0 atom stereocenters. The summed E-state index contributed by atoms with van der Waals surface area (Å²) in [5, 5.41) is 0. The average Bonchev–Trinajstić information content (AvgIpc) is 1.65. The third kappa shape index (κ3) is 2.46.